The van der Waals surface area contributed by atoms with Crippen LogP contribution in [-0.2, 0) is 9.59 Å². The highest BCUT2D eigenvalue weighted by Gasteiger charge is 2.30. The third kappa shape index (κ3) is 4.62. The largest absolute Gasteiger partial charge is 0.478 e. The molecule has 0 aliphatic heterocycles. The lowest BCUT2D eigenvalue weighted by molar-refractivity contribution is -0.128. The molecule has 0 aliphatic carbocycles. The van der Waals surface area contributed by atoms with Gasteiger partial charge in [0.1, 0.15) is 5.75 Å². The molecule has 0 radical (unpaired) electrons. The van der Waals surface area contributed by atoms with E-state index in [0.29, 0.717) is 23.0 Å². The van der Waals surface area contributed by atoms with Crippen molar-refractivity contribution in [3.63, 3.8) is 0 Å². The van der Waals surface area contributed by atoms with E-state index >= 15 is 0 Å². The Balaban J connectivity index is 1.73. The van der Waals surface area contributed by atoms with E-state index in [1.807, 2.05) is 42.5 Å². The highest BCUT2D eigenvalue weighted by atomic mass is 32.1. The molecule has 0 saturated carbocycles. The molecule has 27 heavy (non-hydrogen) atoms. The molecular weight excluding hydrogens is 362 g/mol. The lowest BCUT2D eigenvalue weighted by atomic mass is 10.1. The smallest absolute Gasteiger partial charge is 0.267 e. The number of para-hydroxylation sites is 1. The Morgan fingerprint density at radius 3 is 2.56 bits per heavy atom. The Bertz CT molecular complexity index is 967. The highest BCUT2D eigenvalue weighted by molar-refractivity contribution is 7.22. The van der Waals surface area contributed by atoms with E-state index in [1.165, 1.54) is 11.3 Å². The molecule has 1 heterocycles. The number of thiazole rings is 1. The van der Waals surface area contributed by atoms with Gasteiger partial charge in [0, 0.05) is 12.1 Å². The zero-order valence-electron chi connectivity index (χ0n) is 15.4. The first-order valence-electron chi connectivity index (χ1n) is 8.63. The fourth-order valence-electron chi connectivity index (χ4n) is 2.37. The first-order chi connectivity index (χ1) is 12.9. The van der Waals surface area contributed by atoms with Gasteiger partial charge in [-0.3, -0.25) is 9.59 Å². The molecule has 3 aromatic rings. The fraction of sp³-hybridized carbons (Fsp3) is 0.250. The van der Waals surface area contributed by atoms with Gasteiger partial charge in [-0.1, -0.05) is 36.5 Å². The van der Waals surface area contributed by atoms with Gasteiger partial charge < -0.3 is 15.4 Å². The molecule has 2 aromatic carbocycles. The van der Waals surface area contributed by atoms with Gasteiger partial charge in [-0.15, -0.1) is 0 Å². The molecule has 0 saturated heterocycles. The minimum atomic E-state index is -1.04. The average Bonchev–Trinajstić information content (AvgIpc) is 3.03. The summed E-state index contributed by atoms with van der Waals surface area (Å²) in [6, 6.07) is 14.7. The van der Waals surface area contributed by atoms with Crippen LogP contribution in [0.15, 0.2) is 48.5 Å². The van der Waals surface area contributed by atoms with Crippen LogP contribution < -0.4 is 15.4 Å². The Labute approximate surface area is 161 Å². The second-order valence-corrected chi connectivity index (χ2v) is 7.51. The maximum Gasteiger partial charge on any atom is 0.267 e. The fourth-order valence-corrected chi connectivity index (χ4v) is 3.30. The summed E-state index contributed by atoms with van der Waals surface area (Å²) in [4.78, 5) is 28.5. The van der Waals surface area contributed by atoms with Gasteiger partial charge in [-0.2, -0.15) is 0 Å². The summed E-state index contributed by atoms with van der Waals surface area (Å²) in [5, 5.41) is 6.19. The van der Waals surface area contributed by atoms with Crippen molar-refractivity contribution in [2.24, 2.45) is 0 Å². The number of carbonyl (C=O) groups excluding carboxylic acids is 2. The van der Waals surface area contributed by atoms with Gasteiger partial charge >= 0.3 is 0 Å². The van der Waals surface area contributed by atoms with Crippen LogP contribution in [0.3, 0.4) is 0 Å². The summed E-state index contributed by atoms with van der Waals surface area (Å²) in [6.45, 7) is 5.23. The number of aromatic nitrogens is 1. The Kier molecular flexibility index (Phi) is 5.41. The molecule has 0 aliphatic rings. The number of hydrogen-bond acceptors (Lipinski definition) is 5. The van der Waals surface area contributed by atoms with Crippen molar-refractivity contribution in [2.45, 2.75) is 32.8 Å². The Hall–Kier alpha value is -2.93. The maximum atomic E-state index is 12.7. The number of amides is 2. The van der Waals surface area contributed by atoms with Crippen molar-refractivity contribution in [3.05, 3.63) is 48.5 Å². The third-order valence-electron chi connectivity index (χ3n) is 3.88. The maximum absolute atomic E-state index is 12.7. The normalized spacial score (nSPS) is 11.2. The average molecular weight is 383 g/mol. The second kappa shape index (κ2) is 7.75. The summed E-state index contributed by atoms with van der Waals surface area (Å²) < 4.78 is 6.69. The van der Waals surface area contributed by atoms with Gasteiger partial charge in [0.2, 0.25) is 5.91 Å². The van der Waals surface area contributed by atoms with Crippen LogP contribution >= 0.6 is 11.3 Å². The van der Waals surface area contributed by atoms with Crippen LogP contribution in [0.25, 0.3) is 10.2 Å². The van der Waals surface area contributed by atoms with Gasteiger partial charge in [-0.25, -0.2) is 4.98 Å². The van der Waals surface area contributed by atoms with Crippen molar-refractivity contribution in [2.75, 3.05) is 10.6 Å². The minimum Gasteiger partial charge on any atom is -0.478 e. The summed E-state index contributed by atoms with van der Waals surface area (Å²) in [7, 11) is 0. The molecule has 3 rings (SSSR count). The number of carbonyl (C=O) groups is 2. The van der Waals surface area contributed by atoms with Gasteiger partial charge in [0.05, 0.1) is 10.2 Å². The van der Waals surface area contributed by atoms with Crippen LogP contribution in [0.2, 0.25) is 0 Å². The zero-order chi connectivity index (χ0) is 19.4. The van der Waals surface area contributed by atoms with E-state index in [4.69, 9.17) is 4.74 Å². The SMILES string of the molecule is CCC(=O)Nc1nc2ccc(NC(=O)C(C)(C)Oc3ccccc3)cc2s1. The van der Waals surface area contributed by atoms with E-state index in [0.717, 1.165) is 10.2 Å². The van der Waals surface area contributed by atoms with Gasteiger partial charge in [0.25, 0.3) is 5.91 Å². The molecule has 0 spiro atoms. The quantitative estimate of drug-likeness (QED) is 0.659. The molecule has 0 unspecified atom stereocenters. The third-order valence-corrected chi connectivity index (χ3v) is 4.81. The molecule has 6 nitrogen and oxygen atoms in total. The number of anilines is 2. The van der Waals surface area contributed by atoms with Crippen molar-refractivity contribution < 1.29 is 14.3 Å². The number of nitrogens with zero attached hydrogens (tertiary/aromatic N) is 1. The molecule has 0 atom stereocenters. The van der Waals surface area contributed by atoms with Crippen molar-refractivity contribution in [3.8, 4) is 5.75 Å². The summed E-state index contributed by atoms with van der Waals surface area (Å²) in [6.07, 6.45) is 0.397. The van der Waals surface area contributed by atoms with Crippen LogP contribution in [0.5, 0.6) is 5.75 Å². The number of fused-ring (bicyclic) bond motifs is 1. The van der Waals surface area contributed by atoms with Gasteiger partial charge in [-0.05, 0) is 44.2 Å². The molecular formula is C20H21N3O3S. The second-order valence-electron chi connectivity index (χ2n) is 6.48. The molecule has 0 bridgehead atoms. The lowest BCUT2D eigenvalue weighted by Crippen LogP contribution is -2.42. The van der Waals surface area contributed by atoms with Crippen LogP contribution in [0, 0.1) is 0 Å². The number of hydrogen-bond donors (Lipinski definition) is 2. The van der Waals surface area contributed by atoms with Crippen LogP contribution in [0.4, 0.5) is 10.8 Å². The van der Waals surface area contributed by atoms with Crippen molar-refractivity contribution in [1.82, 2.24) is 4.98 Å². The van der Waals surface area contributed by atoms with Crippen LogP contribution in [-0.4, -0.2) is 22.4 Å². The summed E-state index contributed by atoms with van der Waals surface area (Å²) in [5.41, 5.74) is 0.378. The molecule has 140 valence electrons. The molecule has 7 heteroatoms. The first kappa shape index (κ1) is 18.8. The number of benzene rings is 2. The summed E-state index contributed by atoms with van der Waals surface area (Å²) >= 11 is 1.37. The zero-order valence-corrected chi connectivity index (χ0v) is 16.2. The first-order valence-corrected chi connectivity index (χ1v) is 9.45. The van der Waals surface area contributed by atoms with E-state index in [1.54, 1.807) is 26.8 Å². The summed E-state index contributed by atoms with van der Waals surface area (Å²) in [5.74, 6) is 0.295. The Morgan fingerprint density at radius 2 is 1.85 bits per heavy atom. The Morgan fingerprint density at radius 1 is 1.11 bits per heavy atom. The van der Waals surface area contributed by atoms with E-state index in [2.05, 4.69) is 15.6 Å². The van der Waals surface area contributed by atoms with E-state index in [9.17, 15) is 9.59 Å². The molecule has 0 fully saturated rings. The molecule has 2 N–H and O–H groups in total. The molecule has 2 amide bonds. The van der Waals surface area contributed by atoms with Crippen molar-refractivity contribution >= 4 is 44.2 Å². The topological polar surface area (TPSA) is 80.3 Å². The highest BCUT2D eigenvalue weighted by Crippen LogP contribution is 2.29. The number of ether oxygens (including phenoxy) is 1. The van der Waals surface area contributed by atoms with Crippen LogP contribution in [0.1, 0.15) is 27.2 Å². The van der Waals surface area contributed by atoms with E-state index < -0.39 is 5.60 Å². The predicted molar refractivity (Wildman–Crippen MR) is 108 cm³/mol. The lowest BCUT2D eigenvalue weighted by Gasteiger charge is -2.25. The monoisotopic (exact) mass is 383 g/mol. The number of rotatable bonds is 6. The van der Waals surface area contributed by atoms with E-state index in [-0.39, 0.29) is 11.8 Å². The van der Waals surface area contributed by atoms with Gasteiger partial charge in [0.15, 0.2) is 10.7 Å². The predicted octanol–water partition coefficient (Wildman–Crippen LogP) is 4.44. The van der Waals surface area contributed by atoms with Crippen molar-refractivity contribution in [1.29, 1.82) is 0 Å². The standard InChI is InChI=1S/C20H21N3O3S/c1-4-17(24)23-19-22-15-11-10-13(12-16(15)27-19)21-18(25)20(2,3)26-14-8-6-5-7-9-14/h5-12H,4H2,1-3H3,(H,21,25)(H,22,23,24). The minimum absolute atomic E-state index is 0.0811. The number of nitrogens with one attached hydrogen (secondary N) is 2. The molecule has 1 aromatic heterocycles.